The Morgan fingerprint density at radius 2 is 2.06 bits per heavy atom. The van der Waals surface area contributed by atoms with Gasteiger partial charge in [-0.15, -0.1) is 0 Å². The SMILES string of the molecule is Brc1ccc(OCCN2CCC(Br)C2)cc1. The van der Waals surface area contributed by atoms with Crippen LogP contribution in [0.2, 0.25) is 0 Å². The van der Waals surface area contributed by atoms with Gasteiger partial charge in [-0.1, -0.05) is 31.9 Å². The van der Waals surface area contributed by atoms with E-state index in [1.54, 1.807) is 0 Å². The van der Waals surface area contributed by atoms with E-state index < -0.39 is 0 Å². The van der Waals surface area contributed by atoms with E-state index in [1.165, 1.54) is 13.0 Å². The van der Waals surface area contributed by atoms with Gasteiger partial charge in [0.1, 0.15) is 12.4 Å². The molecule has 2 nitrogen and oxygen atoms in total. The standard InChI is InChI=1S/C12H15Br2NO/c13-10-1-3-12(4-2-10)16-8-7-15-6-5-11(14)9-15/h1-4,11H,5-9H2. The van der Waals surface area contributed by atoms with Gasteiger partial charge in [-0.3, -0.25) is 4.90 Å². The molecule has 1 aliphatic rings. The summed E-state index contributed by atoms with van der Waals surface area (Å²) in [5.41, 5.74) is 0. The molecule has 16 heavy (non-hydrogen) atoms. The van der Waals surface area contributed by atoms with Crippen LogP contribution >= 0.6 is 31.9 Å². The Kier molecular flexibility index (Phi) is 4.67. The van der Waals surface area contributed by atoms with Crippen molar-refractivity contribution < 1.29 is 4.74 Å². The number of halogens is 2. The molecule has 0 saturated carbocycles. The van der Waals surface area contributed by atoms with Crippen LogP contribution in [0.15, 0.2) is 28.7 Å². The highest BCUT2D eigenvalue weighted by molar-refractivity contribution is 9.10. The quantitative estimate of drug-likeness (QED) is 0.774. The van der Waals surface area contributed by atoms with E-state index in [9.17, 15) is 0 Å². The van der Waals surface area contributed by atoms with E-state index in [4.69, 9.17) is 4.74 Å². The normalized spacial score (nSPS) is 21.2. The number of ether oxygens (including phenoxy) is 1. The topological polar surface area (TPSA) is 12.5 Å². The minimum atomic E-state index is 0.667. The molecule has 1 aliphatic heterocycles. The maximum absolute atomic E-state index is 5.68. The number of benzene rings is 1. The average Bonchev–Trinajstić information content (AvgIpc) is 2.67. The van der Waals surface area contributed by atoms with Gasteiger partial charge in [-0.25, -0.2) is 0 Å². The molecule has 4 heteroatoms. The average molecular weight is 349 g/mol. The summed E-state index contributed by atoms with van der Waals surface area (Å²) >= 11 is 7.04. The molecule has 0 N–H and O–H groups in total. The van der Waals surface area contributed by atoms with Crippen LogP contribution in [0.3, 0.4) is 0 Å². The fraction of sp³-hybridized carbons (Fsp3) is 0.500. The van der Waals surface area contributed by atoms with Crippen LogP contribution in [0.4, 0.5) is 0 Å². The van der Waals surface area contributed by atoms with Crippen molar-refractivity contribution in [2.75, 3.05) is 26.2 Å². The third-order valence-electron chi connectivity index (χ3n) is 2.70. The third kappa shape index (κ3) is 3.75. The first-order chi connectivity index (χ1) is 7.74. The van der Waals surface area contributed by atoms with Crippen LogP contribution in [0, 0.1) is 0 Å². The molecule has 1 atom stereocenters. The van der Waals surface area contributed by atoms with E-state index in [-0.39, 0.29) is 0 Å². The van der Waals surface area contributed by atoms with Gasteiger partial charge in [0.2, 0.25) is 0 Å². The minimum Gasteiger partial charge on any atom is -0.492 e. The maximum atomic E-state index is 5.68. The van der Waals surface area contributed by atoms with Crippen molar-refractivity contribution in [3.63, 3.8) is 0 Å². The Bertz CT molecular complexity index is 328. The molecule has 1 unspecified atom stereocenters. The van der Waals surface area contributed by atoms with Crippen LogP contribution in [-0.2, 0) is 0 Å². The predicted molar refractivity (Wildman–Crippen MR) is 73.4 cm³/mol. The van der Waals surface area contributed by atoms with Crippen molar-refractivity contribution in [2.45, 2.75) is 11.2 Å². The zero-order chi connectivity index (χ0) is 11.4. The van der Waals surface area contributed by atoms with Crippen molar-refractivity contribution in [3.8, 4) is 5.75 Å². The van der Waals surface area contributed by atoms with Crippen LogP contribution < -0.4 is 4.74 Å². The highest BCUT2D eigenvalue weighted by Crippen LogP contribution is 2.17. The molecule has 0 radical (unpaired) electrons. The lowest BCUT2D eigenvalue weighted by Crippen LogP contribution is -2.26. The molecule has 1 aromatic carbocycles. The Morgan fingerprint density at radius 3 is 2.69 bits per heavy atom. The van der Waals surface area contributed by atoms with Crippen LogP contribution in [0.1, 0.15) is 6.42 Å². The molecule has 1 aromatic rings. The van der Waals surface area contributed by atoms with Gasteiger partial charge < -0.3 is 4.74 Å². The number of alkyl halides is 1. The molecular weight excluding hydrogens is 334 g/mol. The molecular formula is C12H15Br2NO. The minimum absolute atomic E-state index is 0.667. The number of hydrogen-bond acceptors (Lipinski definition) is 2. The van der Waals surface area contributed by atoms with Gasteiger partial charge in [0.15, 0.2) is 0 Å². The summed E-state index contributed by atoms with van der Waals surface area (Å²) in [4.78, 5) is 3.10. The van der Waals surface area contributed by atoms with E-state index in [2.05, 4.69) is 36.8 Å². The van der Waals surface area contributed by atoms with E-state index in [0.29, 0.717) is 4.83 Å². The van der Waals surface area contributed by atoms with Crippen LogP contribution in [0.25, 0.3) is 0 Å². The lowest BCUT2D eigenvalue weighted by atomic mass is 10.3. The fourth-order valence-electron chi connectivity index (χ4n) is 1.81. The smallest absolute Gasteiger partial charge is 0.119 e. The number of likely N-dealkylation sites (tertiary alicyclic amines) is 1. The Balaban J connectivity index is 1.70. The summed E-state index contributed by atoms with van der Waals surface area (Å²) in [6.07, 6.45) is 1.25. The lowest BCUT2D eigenvalue weighted by molar-refractivity contribution is 0.238. The zero-order valence-electron chi connectivity index (χ0n) is 9.03. The van der Waals surface area contributed by atoms with Crippen molar-refractivity contribution in [1.29, 1.82) is 0 Å². The Hall–Kier alpha value is -0.0600. The van der Waals surface area contributed by atoms with E-state index >= 15 is 0 Å². The summed E-state index contributed by atoms with van der Waals surface area (Å²) in [6, 6.07) is 7.97. The van der Waals surface area contributed by atoms with Crippen molar-refractivity contribution >= 4 is 31.9 Å². The first kappa shape index (κ1) is 12.4. The second-order valence-electron chi connectivity index (χ2n) is 3.99. The molecule has 0 spiro atoms. The Morgan fingerprint density at radius 1 is 1.31 bits per heavy atom. The highest BCUT2D eigenvalue weighted by Gasteiger charge is 2.19. The maximum Gasteiger partial charge on any atom is 0.119 e. The number of nitrogens with zero attached hydrogens (tertiary/aromatic N) is 1. The summed E-state index contributed by atoms with van der Waals surface area (Å²) in [7, 11) is 0. The first-order valence-corrected chi connectivity index (χ1v) is 7.20. The second kappa shape index (κ2) is 6.03. The van der Waals surface area contributed by atoms with Gasteiger partial charge in [-0.05, 0) is 37.2 Å². The summed E-state index contributed by atoms with van der Waals surface area (Å²) in [5.74, 6) is 0.942. The zero-order valence-corrected chi connectivity index (χ0v) is 12.2. The number of rotatable bonds is 4. The van der Waals surface area contributed by atoms with Crippen LogP contribution in [0.5, 0.6) is 5.75 Å². The van der Waals surface area contributed by atoms with Gasteiger partial charge in [0, 0.05) is 22.4 Å². The highest BCUT2D eigenvalue weighted by atomic mass is 79.9. The molecule has 1 fully saturated rings. The molecule has 0 aliphatic carbocycles. The largest absolute Gasteiger partial charge is 0.492 e. The van der Waals surface area contributed by atoms with Crippen LogP contribution in [-0.4, -0.2) is 36.0 Å². The molecule has 1 heterocycles. The molecule has 0 aromatic heterocycles. The predicted octanol–water partition coefficient (Wildman–Crippen LogP) is 3.30. The lowest BCUT2D eigenvalue weighted by Gasteiger charge is -2.15. The molecule has 1 saturated heterocycles. The molecule has 2 rings (SSSR count). The second-order valence-corrected chi connectivity index (χ2v) is 6.20. The summed E-state index contributed by atoms with van der Waals surface area (Å²) in [6.45, 7) is 4.10. The molecule has 88 valence electrons. The van der Waals surface area contributed by atoms with Crippen molar-refractivity contribution in [2.24, 2.45) is 0 Å². The van der Waals surface area contributed by atoms with Crippen molar-refractivity contribution in [1.82, 2.24) is 4.90 Å². The molecule has 0 bridgehead atoms. The van der Waals surface area contributed by atoms with Gasteiger partial charge in [0.05, 0.1) is 0 Å². The fourth-order valence-corrected chi connectivity index (χ4v) is 2.69. The third-order valence-corrected chi connectivity index (χ3v) is 3.98. The summed E-state index contributed by atoms with van der Waals surface area (Å²) < 4.78 is 6.77. The van der Waals surface area contributed by atoms with Gasteiger partial charge >= 0.3 is 0 Å². The van der Waals surface area contributed by atoms with Gasteiger partial charge in [0.25, 0.3) is 0 Å². The van der Waals surface area contributed by atoms with E-state index in [0.717, 1.165) is 29.9 Å². The number of hydrogen-bond donors (Lipinski definition) is 0. The van der Waals surface area contributed by atoms with Crippen molar-refractivity contribution in [3.05, 3.63) is 28.7 Å². The monoisotopic (exact) mass is 347 g/mol. The first-order valence-electron chi connectivity index (χ1n) is 5.49. The van der Waals surface area contributed by atoms with E-state index in [1.807, 2.05) is 24.3 Å². The molecule has 0 amide bonds. The Labute approximate surface area is 113 Å². The van der Waals surface area contributed by atoms with Gasteiger partial charge in [-0.2, -0.15) is 0 Å². The summed E-state index contributed by atoms with van der Waals surface area (Å²) in [5, 5.41) is 0.